The van der Waals surface area contributed by atoms with Crippen molar-refractivity contribution in [3.63, 3.8) is 0 Å². The summed E-state index contributed by atoms with van der Waals surface area (Å²) in [6.45, 7) is 3.19. The Balaban J connectivity index is 0.00000147. The molecule has 0 aliphatic carbocycles. The molecule has 0 radical (unpaired) electrons. The van der Waals surface area contributed by atoms with Gasteiger partial charge in [0.15, 0.2) is 0 Å². The van der Waals surface area contributed by atoms with E-state index in [2.05, 4.69) is 64.8 Å². The Morgan fingerprint density at radius 2 is 1.50 bits per heavy atom. The Kier molecular flexibility index (Phi) is 5.18. The van der Waals surface area contributed by atoms with Crippen molar-refractivity contribution >= 4 is 12.4 Å². The summed E-state index contributed by atoms with van der Waals surface area (Å²) >= 11 is 0. The van der Waals surface area contributed by atoms with Crippen molar-refractivity contribution in [3.05, 3.63) is 71.3 Å². The summed E-state index contributed by atoms with van der Waals surface area (Å²) < 4.78 is 0. The van der Waals surface area contributed by atoms with Crippen molar-refractivity contribution in [3.8, 4) is 0 Å². The predicted octanol–water partition coefficient (Wildman–Crippen LogP) is 3.38. The summed E-state index contributed by atoms with van der Waals surface area (Å²) in [5.74, 6) is 0. The number of hydrogen-bond donors (Lipinski definition) is 1. The number of benzene rings is 2. The maximum absolute atomic E-state index is 3.43. The normalized spacial score (nSPS) is 15.4. The van der Waals surface area contributed by atoms with E-state index in [1.54, 1.807) is 0 Å². The van der Waals surface area contributed by atoms with Crippen molar-refractivity contribution in [2.24, 2.45) is 0 Å². The monoisotopic (exact) mass is 288 g/mol. The van der Waals surface area contributed by atoms with Gasteiger partial charge in [0.1, 0.15) is 0 Å². The van der Waals surface area contributed by atoms with Crippen LogP contribution in [0.3, 0.4) is 0 Å². The molecule has 2 nitrogen and oxygen atoms in total. The van der Waals surface area contributed by atoms with Crippen molar-refractivity contribution in [1.82, 2.24) is 10.2 Å². The standard InChI is InChI=1S/C17H20N2.ClH/c1-18-17(14-7-3-2-4-8-14)13-19-11-15-9-5-6-10-16(15)12-19;/h2-10,17-18H,11-13H2,1H3;1H/t17-;/m0./s1. The largest absolute Gasteiger partial charge is 0.312 e. The lowest BCUT2D eigenvalue weighted by Crippen LogP contribution is -2.30. The number of nitrogens with one attached hydrogen (secondary N) is 1. The highest BCUT2D eigenvalue weighted by atomic mass is 35.5. The summed E-state index contributed by atoms with van der Waals surface area (Å²) in [6, 6.07) is 19.8. The topological polar surface area (TPSA) is 15.3 Å². The number of hydrogen-bond acceptors (Lipinski definition) is 2. The molecule has 1 N–H and O–H groups in total. The van der Waals surface area contributed by atoms with E-state index in [1.165, 1.54) is 16.7 Å². The summed E-state index contributed by atoms with van der Waals surface area (Å²) in [4.78, 5) is 2.51. The highest BCUT2D eigenvalue weighted by Crippen LogP contribution is 2.24. The van der Waals surface area contributed by atoms with Crippen molar-refractivity contribution in [2.45, 2.75) is 19.1 Å². The summed E-state index contributed by atoms with van der Waals surface area (Å²) in [7, 11) is 2.04. The van der Waals surface area contributed by atoms with E-state index < -0.39 is 0 Å². The minimum Gasteiger partial charge on any atom is -0.312 e. The number of fused-ring (bicyclic) bond motifs is 1. The first kappa shape index (κ1) is 15.0. The molecular weight excluding hydrogens is 268 g/mol. The summed E-state index contributed by atoms with van der Waals surface area (Å²) in [6.07, 6.45) is 0. The molecule has 1 aliphatic heterocycles. The van der Waals surface area contributed by atoms with E-state index >= 15 is 0 Å². The average molecular weight is 289 g/mol. The van der Waals surface area contributed by atoms with Crippen LogP contribution in [-0.2, 0) is 13.1 Å². The van der Waals surface area contributed by atoms with Crippen LogP contribution in [0.5, 0.6) is 0 Å². The fourth-order valence-electron chi connectivity index (χ4n) is 2.84. The van der Waals surface area contributed by atoms with E-state index in [4.69, 9.17) is 0 Å². The lowest BCUT2D eigenvalue weighted by molar-refractivity contribution is 0.253. The number of likely N-dealkylation sites (N-methyl/N-ethyl adjacent to an activating group) is 1. The first-order chi connectivity index (χ1) is 9.36. The van der Waals surface area contributed by atoms with Gasteiger partial charge in [-0.15, -0.1) is 12.4 Å². The number of nitrogens with zero attached hydrogens (tertiary/aromatic N) is 1. The molecule has 0 unspecified atom stereocenters. The molecule has 0 amide bonds. The summed E-state index contributed by atoms with van der Waals surface area (Å²) in [5.41, 5.74) is 4.32. The molecule has 0 saturated heterocycles. The third-order valence-corrected chi connectivity index (χ3v) is 3.90. The first-order valence-corrected chi connectivity index (χ1v) is 6.88. The highest BCUT2D eigenvalue weighted by Gasteiger charge is 2.21. The molecule has 3 heteroatoms. The second-order valence-electron chi connectivity index (χ2n) is 5.19. The van der Waals surface area contributed by atoms with E-state index in [0.717, 1.165) is 19.6 Å². The van der Waals surface area contributed by atoms with Crippen LogP contribution in [0.15, 0.2) is 54.6 Å². The molecular formula is C17H21ClN2. The van der Waals surface area contributed by atoms with Gasteiger partial charge in [-0.2, -0.15) is 0 Å². The molecule has 0 spiro atoms. The van der Waals surface area contributed by atoms with Crippen LogP contribution >= 0.6 is 12.4 Å². The molecule has 2 aromatic rings. The fourth-order valence-corrected chi connectivity index (χ4v) is 2.84. The van der Waals surface area contributed by atoms with Crippen LogP contribution in [-0.4, -0.2) is 18.5 Å². The van der Waals surface area contributed by atoms with Crippen molar-refractivity contribution in [2.75, 3.05) is 13.6 Å². The zero-order chi connectivity index (χ0) is 13.1. The van der Waals surface area contributed by atoms with Gasteiger partial charge >= 0.3 is 0 Å². The third-order valence-electron chi connectivity index (χ3n) is 3.90. The van der Waals surface area contributed by atoms with Crippen LogP contribution < -0.4 is 5.32 Å². The molecule has 3 rings (SSSR count). The third kappa shape index (κ3) is 3.21. The number of rotatable bonds is 4. The Morgan fingerprint density at radius 3 is 2.05 bits per heavy atom. The minimum atomic E-state index is 0. The van der Waals surface area contributed by atoms with Crippen LogP contribution in [0, 0.1) is 0 Å². The first-order valence-electron chi connectivity index (χ1n) is 6.88. The predicted molar refractivity (Wildman–Crippen MR) is 86.0 cm³/mol. The second-order valence-corrected chi connectivity index (χ2v) is 5.19. The molecule has 1 heterocycles. The smallest absolute Gasteiger partial charge is 0.0447 e. The fraction of sp³-hybridized carbons (Fsp3) is 0.294. The molecule has 20 heavy (non-hydrogen) atoms. The zero-order valence-electron chi connectivity index (χ0n) is 11.8. The molecule has 1 aliphatic rings. The lowest BCUT2D eigenvalue weighted by Gasteiger charge is -2.23. The SMILES string of the molecule is CN[C@@H](CN1Cc2ccccc2C1)c1ccccc1.Cl. The van der Waals surface area contributed by atoms with Crippen LogP contribution in [0.2, 0.25) is 0 Å². The number of halogens is 1. The van der Waals surface area contributed by atoms with Crippen LogP contribution in [0.1, 0.15) is 22.7 Å². The molecule has 106 valence electrons. The average Bonchev–Trinajstić information content (AvgIpc) is 2.88. The van der Waals surface area contributed by atoms with Gasteiger partial charge in [0.2, 0.25) is 0 Å². The van der Waals surface area contributed by atoms with Crippen LogP contribution in [0.25, 0.3) is 0 Å². The maximum Gasteiger partial charge on any atom is 0.0447 e. The van der Waals surface area contributed by atoms with E-state index in [-0.39, 0.29) is 12.4 Å². The zero-order valence-corrected chi connectivity index (χ0v) is 12.6. The molecule has 0 bridgehead atoms. The molecule has 0 saturated carbocycles. The van der Waals surface area contributed by atoms with Gasteiger partial charge < -0.3 is 5.32 Å². The lowest BCUT2D eigenvalue weighted by atomic mass is 10.1. The Hall–Kier alpha value is -1.35. The van der Waals surface area contributed by atoms with Gasteiger partial charge in [0.05, 0.1) is 0 Å². The Labute approximate surface area is 127 Å². The van der Waals surface area contributed by atoms with E-state index in [1.807, 2.05) is 7.05 Å². The van der Waals surface area contributed by atoms with Crippen molar-refractivity contribution in [1.29, 1.82) is 0 Å². The van der Waals surface area contributed by atoms with Gasteiger partial charge in [-0.05, 0) is 23.7 Å². The van der Waals surface area contributed by atoms with Gasteiger partial charge in [0.25, 0.3) is 0 Å². The molecule has 0 aromatic heterocycles. The molecule has 1 atom stereocenters. The quantitative estimate of drug-likeness (QED) is 0.928. The minimum absolute atomic E-state index is 0. The van der Waals surface area contributed by atoms with Gasteiger partial charge in [-0.3, -0.25) is 4.90 Å². The highest BCUT2D eigenvalue weighted by molar-refractivity contribution is 5.85. The van der Waals surface area contributed by atoms with Gasteiger partial charge in [-0.1, -0.05) is 54.6 Å². The summed E-state index contributed by atoms with van der Waals surface area (Å²) in [5, 5.41) is 3.43. The van der Waals surface area contributed by atoms with Crippen LogP contribution in [0.4, 0.5) is 0 Å². The van der Waals surface area contributed by atoms with E-state index in [9.17, 15) is 0 Å². The second kappa shape index (κ2) is 6.89. The van der Waals surface area contributed by atoms with Gasteiger partial charge in [0, 0.05) is 25.7 Å². The Morgan fingerprint density at radius 1 is 0.950 bits per heavy atom. The molecule has 0 fully saturated rings. The maximum atomic E-state index is 3.43. The Bertz CT molecular complexity index is 517. The molecule has 2 aromatic carbocycles. The van der Waals surface area contributed by atoms with E-state index in [0.29, 0.717) is 6.04 Å². The van der Waals surface area contributed by atoms with Gasteiger partial charge in [-0.25, -0.2) is 0 Å². The van der Waals surface area contributed by atoms with Crippen molar-refractivity contribution < 1.29 is 0 Å².